The van der Waals surface area contributed by atoms with E-state index < -0.39 is 10.0 Å². The Kier molecular flexibility index (Phi) is 7.77. The van der Waals surface area contributed by atoms with Crippen LogP contribution in [0.1, 0.15) is 39.5 Å². The monoisotopic (exact) mass is 398 g/mol. The fraction of sp³-hybridized carbons (Fsp3) is 0.632. The van der Waals surface area contributed by atoms with Gasteiger partial charge in [0.25, 0.3) is 0 Å². The Morgan fingerprint density at radius 3 is 2.56 bits per heavy atom. The summed E-state index contributed by atoms with van der Waals surface area (Å²) in [5, 5.41) is 2.88. The van der Waals surface area contributed by atoms with E-state index in [1.165, 1.54) is 0 Å². The van der Waals surface area contributed by atoms with E-state index in [2.05, 4.69) is 19.2 Å². The summed E-state index contributed by atoms with van der Waals surface area (Å²) in [7, 11) is -3.62. The van der Waals surface area contributed by atoms with E-state index in [1.807, 2.05) is 0 Å². The van der Waals surface area contributed by atoms with Gasteiger partial charge >= 0.3 is 0 Å². The lowest BCUT2D eigenvalue weighted by molar-refractivity contribution is -0.119. The summed E-state index contributed by atoms with van der Waals surface area (Å²) in [5.41, 5.74) is 0.384. The first-order valence-electron chi connectivity index (χ1n) is 9.49. The highest BCUT2D eigenvalue weighted by molar-refractivity contribution is 7.92. The number of sulfonamides is 1. The van der Waals surface area contributed by atoms with E-state index in [4.69, 9.17) is 9.47 Å². The normalized spacial score (nSPS) is 14.5. The van der Waals surface area contributed by atoms with Crippen LogP contribution in [0.5, 0.6) is 11.5 Å². The number of fused-ring (bicyclic) bond motifs is 1. The van der Waals surface area contributed by atoms with E-state index in [0.717, 1.165) is 36.2 Å². The predicted molar refractivity (Wildman–Crippen MR) is 106 cm³/mol. The standard InChI is InChI=1S/C19H30N2O5S/c1-4-6-7-15(5-2)13-20-19(22)14-21(27(3,23)24)16-8-9-17-18(12-16)26-11-10-25-17/h8-9,12,15H,4-7,10-11,13-14H2,1-3H3,(H,20,22)/t15-/m0/s1. The fourth-order valence-corrected chi connectivity index (χ4v) is 3.82. The van der Waals surface area contributed by atoms with Crippen molar-refractivity contribution in [3.63, 3.8) is 0 Å². The van der Waals surface area contributed by atoms with Crippen molar-refractivity contribution in [3.05, 3.63) is 18.2 Å². The van der Waals surface area contributed by atoms with Crippen LogP contribution in [0.4, 0.5) is 5.69 Å². The second-order valence-electron chi connectivity index (χ2n) is 6.82. The lowest BCUT2D eigenvalue weighted by Gasteiger charge is -2.25. The van der Waals surface area contributed by atoms with Gasteiger partial charge in [-0.1, -0.05) is 33.1 Å². The van der Waals surface area contributed by atoms with Crippen LogP contribution in [-0.4, -0.2) is 46.9 Å². The van der Waals surface area contributed by atoms with E-state index in [0.29, 0.717) is 42.9 Å². The molecule has 1 aromatic rings. The van der Waals surface area contributed by atoms with E-state index in [9.17, 15) is 13.2 Å². The van der Waals surface area contributed by atoms with Crippen LogP contribution in [-0.2, 0) is 14.8 Å². The van der Waals surface area contributed by atoms with Gasteiger partial charge < -0.3 is 14.8 Å². The number of hydrogen-bond acceptors (Lipinski definition) is 5. The molecular weight excluding hydrogens is 368 g/mol. The molecule has 0 aliphatic carbocycles. The number of rotatable bonds is 10. The quantitative estimate of drug-likeness (QED) is 0.655. The highest BCUT2D eigenvalue weighted by Gasteiger charge is 2.23. The average Bonchev–Trinajstić information content (AvgIpc) is 2.65. The minimum absolute atomic E-state index is 0.261. The smallest absolute Gasteiger partial charge is 0.240 e. The van der Waals surface area contributed by atoms with Crippen molar-refractivity contribution in [3.8, 4) is 11.5 Å². The molecule has 0 bridgehead atoms. The average molecular weight is 399 g/mol. The Balaban J connectivity index is 2.06. The number of carbonyl (C=O) groups excluding carboxylic acids is 1. The molecule has 7 nitrogen and oxygen atoms in total. The van der Waals surface area contributed by atoms with Gasteiger partial charge in [-0.05, 0) is 24.5 Å². The molecule has 0 saturated carbocycles. The SMILES string of the molecule is CCCC[C@H](CC)CNC(=O)CN(c1ccc2c(c1)OCCO2)S(C)(=O)=O. The van der Waals surface area contributed by atoms with Crippen molar-refractivity contribution in [1.82, 2.24) is 5.32 Å². The van der Waals surface area contributed by atoms with Gasteiger partial charge in [-0.3, -0.25) is 9.10 Å². The third-order valence-corrected chi connectivity index (χ3v) is 5.77. The molecule has 0 radical (unpaired) electrons. The number of amides is 1. The molecular formula is C19H30N2O5S. The number of nitrogens with one attached hydrogen (secondary N) is 1. The second-order valence-corrected chi connectivity index (χ2v) is 8.72. The van der Waals surface area contributed by atoms with Gasteiger partial charge in [0.15, 0.2) is 11.5 Å². The number of anilines is 1. The van der Waals surface area contributed by atoms with Gasteiger partial charge in [0, 0.05) is 12.6 Å². The molecule has 0 saturated heterocycles. The first-order valence-corrected chi connectivity index (χ1v) is 11.3. The van der Waals surface area contributed by atoms with Crippen LogP contribution in [0.15, 0.2) is 18.2 Å². The summed E-state index contributed by atoms with van der Waals surface area (Å²) < 4.78 is 36.6. The molecule has 1 aromatic carbocycles. The maximum Gasteiger partial charge on any atom is 0.240 e. The number of carbonyl (C=O) groups is 1. The van der Waals surface area contributed by atoms with Gasteiger partial charge in [0.2, 0.25) is 15.9 Å². The molecule has 27 heavy (non-hydrogen) atoms. The Morgan fingerprint density at radius 1 is 1.22 bits per heavy atom. The highest BCUT2D eigenvalue weighted by atomic mass is 32.2. The lowest BCUT2D eigenvalue weighted by atomic mass is 9.99. The Labute approximate surface area is 162 Å². The molecule has 152 valence electrons. The van der Waals surface area contributed by atoms with Crippen LogP contribution in [0, 0.1) is 5.92 Å². The summed E-state index contributed by atoms with van der Waals surface area (Å²) in [4.78, 5) is 12.4. The number of nitrogens with zero attached hydrogens (tertiary/aromatic N) is 1. The molecule has 1 aliphatic heterocycles. The molecule has 8 heteroatoms. The van der Waals surface area contributed by atoms with E-state index in [1.54, 1.807) is 18.2 Å². The third-order valence-electron chi connectivity index (χ3n) is 4.63. The third kappa shape index (κ3) is 6.30. The summed E-state index contributed by atoms with van der Waals surface area (Å²) in [6, 6.07) is 4.88. The fourth-order valence-electron chi connectivity index (χ4n) is 2.98. The van der Waals surface area contributed by atoms with Crippen LogP contribution in [0.25, 0.3) is 0 Å². The van der Waals surface area contributed by atoms with Gasteiger partial charge in [0.05, 0.1) is 11.9 Å². The Morgan fingerprint density at radius 2 is 1.93 bits per heavy atom. The van der Waals surface area contributed by atoms with E-state index >= 15 is 0 Å². The van der Waals surface area contributed by atoms with Crippen molar-refractivity contribution in [2.75, 3.05) is 36.9 Å². The number of unbranched alkanes of at least 4 members (excludes halogenated alkanes) is 1. The van der Waals surface area contributed by atoms with Crippen molar-refractivity contribution in [2.24, 2.45) is 5.92 Å². The summed E-state index contributed by atoms with van der Waals surface area (Å²) in [6.45, 7) is 5.41. The number of ether oxygens (including phenoxy) is 2. The van der Waals surface area contributed by atoms with Crippen molar-refractivity contribution >= 4 is 21.6 Å². The first-order chi connectivity index (χ1) is 12.8. The zero-order chi connectivity index (χ0) is 19.9. The van der Waals surface area contributed by atoms with Crippen LogP contribution in [0.2, 0.25) is 0 Å². The largest absolute Gasteiger partial charge is 0.486 e. The summed E-state index contributed by atoms with van der Waals surface area (Å²) >= 11 is 0. The minimum atomic E-state index is -3.62. The second kappa shape index (κ2) is 9.82. The molecule has 2 rings (SSSR count). The molecule has 1 amide bonds. The van der Waals surface area contributed by atoms with Crippen molar-refractivity contribution < 1.29 is 22.7 Å². The molecule has 1 N–H and O–H groups in total. The molecule has 1 heterocycles. The molecule has 1 atom stereocenters. The van der Waals surface area contributed by atoms with Crippen LogP contribution < -0.4 is 19.1 Å². The zero-order valence-corrected chi connectivity index (χ0v) is 17.2. The zero-order valence-electron chi connectivity index (χ0n) is 16.4. The van der Waals surface area contributed by atoms with Crippen molar-refractivity contribution in [1.29, 1.82) is 0 Å². The Hall–Kier alpha value is -1.96. The van der Waals surface area contributed by atoms with Crippen LogP contribution >= 0.6 is 0 Å². The molecule has 0 fully saturated rings. The van der Waals surface area contributed by atoms with Gasteiger partial charge in [-0.2, -0.15) is 0 Å². The predicted octanol–water partition coefficient (Wildman–Crippen LogP) is 2.56. The molecule has 0 aromatic heterocycles. The van der Waals surface area contributed by atoms with Crippen LogP contribution in [0.3, 0.4) is 0 Å². The Bertz CT molecular complexity index is 736. The van der Waals surface area contributed by atoms with Gasteiger partial charge in [-0.15, -0.1) is 0 Å². The molecule has 0 unspecified atom stereocenters. The van der Waals surface area contributed by atoms with Crippen molar-refractivity contribution in [2.45, 2.75) is 39.5 Å². The number of benzene rings is 1. The van der Waals surface area contributed by atoms with Gasteiger partial charge in [0.1, 0.15) is 19.8 Å². The number of hydrogen-bond donors (Lipinski definition) is 1. The minimum Gasteiger partial charge on any atom is -0.486 e. The highest BCUT2D eigenvalue weighted by Crippen LogP contribution is 2.34. The molecule has 1 aliphatic rings. The van der Waals surface area contributed by atoms with Gasteiger partial charge in [-0.25, -0.2) is 8.42 Å². The molecule has 0 spiro atoms. The summed E-state index contributed by atoms with van der Waals surface area (Å²) in [6.07, 6.45) is 5.38. The topological polar surface area (TPSA) is 84.9 Å². The van der Waals surface area contributed by atoms with E-state index in [-0.39, 0.29) is 12.5 Å². The first kappa shape index (κ1) is 21.3. The maximum absolute atomic E-state index is 12.4. The summed E-state index contributed by atoms with van der Waals surface area (Å²) in [5.74, 6) is 1.16. The maximum atomic E-state index is 12.4. The lowest BCUT2D eigenvalue weighted by Crippen LogP contribution is -2.41.